The third-order valence-electron chi connectivity index (χ3n) is 3.87. The Hall–Kier alpha value is -1.88. The van der Waals surface area contributed by atoms with Gasteiger partial charge in [-0.25, -0.2) is 4.98 Å². The Morgan fingerprint density at radius 1 is 1.55 bits per heavy atom. The average molecular weight is 303 g/mol. The van der Waals surface area contributed by atoms with Gasteiger partial charge < -0.3 is 15.0 Å². The maximum atomic E-state index is 12.1. The first-order chi connectivity index (χ1) is 10.7. The van der Waals surface area contributed by atoms with E-state index < -0.39 is 6.10 Å². The molecule has 5 heteroatoms. The number of nitrogens with one attached hydrogen (secondary N) is 1. The van der Waals surface area contributed by atoms with Crippen LogP contribution in [-0.2, 0) is 9.53 Å². The van der Waals surface area contributed by atoms with E-state index in [2.05, 4.69) is 21.8 Å². The van der Waals surface area contributed by atoms with Gasteiger partial charge in [0.05, 0.1) is 6.61 Å². The number of piperidine rings is 1. The highest BCUT2D eigenvalue weighted by Gasteiger charge is 2.23. The van der Waals surface area contributed by atoms with Gasteiger partial charge in [-0.15, -0.1) is 6.58 Å². The van der Waals surface area contributed by atoms with Crippen LogP contribution in [0.25, 0.3) is 0 Å². The zero-order valence-corrected chi connectivity index (χ0v) is 13.2. The number of hydrogen-bond acceptors (Lipinski definition) is 4. The van der Waals surface area contributed by atoms with Crippen LogP contribution in [0.15, 0.2) is 37.1 Å². The normalized spacial score (nSPS) is 17.0. The fourth-order valence-corrected chi connectivity index (χ4v) is 2.52. The monoisotopic (exact) mass is 303 g/mol. The van der Waals surface area contributed by atoms with Crippen LogP contribution in [0.2, 0.25) is 0 Å². The summed E-state index contributed by atoms with van der Waals surface area (Å²) in [5.41, 5.74) is 0. The Morgan fingerprint density at radius 3 is 2.95 bits per heavy atom. The van der Waals surface area contributed by atoms with E-state index in [0.717, 1.165) is 38.2 Å². The maximum Gasteiger partial charge on any atom is 0.249 e. The minimum Gasteiger partial charge on any atom is -0.368 e. The van der Waals surface area contributed by atoms with E-state index in [-0.39, 0.29) is 11.9 Å². The first-order valence-electron chi connectivity index (χ1n) is 7.89. The molecule has 1 amide bonds. The van der Waals surface area contributed by atoms with Crippen LogP contribution in [0.3, 0.4) is 0 Å². The predicted molar refractivity (Wildman–Crippen MR) is 87.8 cm³/mol. The van der Waals surface area contributed by atoms with E-state index >= 15 is 0 Å². The summed E-state index contributed by atoms with van der Waals surface area (Å²) in [5.74, 6) is 0.980. The summed E-state index contributed by atoms with van der Waals surface area (Å²) in [5, 5.41) is 3.08. The molecule has 22 heavy (non-hydrogen) atoms. The van der Waals surface area contributed by atoms with Gasteiger partial charge in [-0.1, -0.05) is 12.1 Å². The van der Waals surface area contributed by atoms with Crippen molar-refractivity contribution >= 4 is 11.7 Å². The summed E-state index contributed by atoms with van der Waals surface area (Å²) in [6, 6.07) is 6.16. The van der Waals surface area contributed by atoms with E-state index in [1.807, 2.05) is 24.4 Å². The van der Waals surface area contributed by atoms with E-state index in [0.29, 0.717) is 6.61 Å². The Labute approximate surface area is 132 Å². The number of anilines is 1. The van der Waals surface area contributed by atoms with Crippen LogP contribution < -0.4 is 10.2 Å². The molecule has 1 saturated heterocycles. The number of carbonyl (C=O) groups excluding carboxylic acids is 1. The van der Waals surface area contributed by atoms with Crippen molar-refractivity contribution in [3.05, 3.63) is 37.1 Å². The molecule has 2 heterocycles. The van der Waals surface area contributed by atoms with E-state index in [4.69, 9.17) is 4.74 Å². The van der Waals surface area contributed by atoms with E-state index in [1.54, 1.807) is 13.0 Å². The number of ether oxygens (including phenoxy) is 1. The smallest absolute Gasteiger partial charge is 0.249 e. The highest BCUT2D eigenvalue weighted by atomic mass is 16.5. The van der Waals surface area contributed by atoms with Crippen molar-refractivity contribution in [1.29, 1.82) is 0 Å². The van der Waals surface area contributed by atoms with Gasteiger partial charge in [-0.2, -0.15) is 0 Å². The van der Waals surface area contributed by atoms with Gasteiger partial charge in [0, 0.05) is 25.3 Å². The zero-order valence-electron chi connectivity index (χ0n) is 13.2. The number of carbonyl (C=O) groups is 1. The summed E-state index contributed by atoms with van der Waals surface area (Å²) in [6.45, 7) is 7.79. The largest absolute Gasteiger partial charge is 0.368 e. The summed E-state index contributed by atoms with van der Waals surface area (Å²) in [6.07, 6.45) is 5.82. The lowest BCUT2D eigenvalue weighted by Crippen LogP contribution is -2.47. The number of amides is 1. The summed E-state index contributed by atoms with van der Waals surface area (Å²) in [4.78, 5) is 18.7. The Kier molecular flexibility index (Phi) is 6.40. The van der Waals surface area contributed by atoms with Gasteiger partial charge in [-0.3, -0.25) is 4.79 Å². The molecule has 0 spiro atoms. The maximum absolute atomic E-state index is 12.1. The first kappa shape index (κ1) is 16.5. The molecule has 0 bridgehead atoms. The molecular formula is C17H25N3O2. The fraction of sp³-hybridized carbons (Fsp3) is 0.529. The standard InChI is InChI=1S/C17H25N3O2/c1-3-4-13-22-14(2)17(21)19-15-8-11-20(12-9-15)16-7-5-6-10-18-16/h3,5-7,10,14-15H,1,4,8-9,11-13H2,2H3,(H,19,21). The van der Waals surface area contributed by atoms with Crippen LogP contribution in [0.5, 0.6) is 0 Å². The molecule has 1 fully saturated rings. The molecule has 120 valence electrons. The third-order valence-corrected chi connectivity index (χ3v) is 3.87. The molecule has 0 radical (unpaired) electrons. The van der Waals surface area contributed by atoms with Crippen molar-refractivity contribution in [2.45, 2.75) is 38.3 Å². The summed E-state index contributed by atoms with van der Waals surface area (Å²) >= 11 is 0. The number of rotatable bonds is 7. The van der Waals surface area contributed by atoms with Crippen molar-refractivity contribution in [1.82, 2.24) is 10.3 Å². The van der Waals surface area contributed by atoms with Crippen LogP contribution in [0, 0.1) is 0 Å². The molecule has 1 aromatic rings. The first-order valence-corrected chi connectivity index (χ1v) is 7.89. The van der Waals surface area contributed by atoms with Crippen molar-refractivity contribution in [2.24, 2.45) is 0 Å². The molecule has 1 N–H and O–H groups in total. The van der Waals surface area contributed by atoms with Crippen molar-refractivity contribution in [3.63, 3.8) is 0 Å². The lowest BCUT2D eigenvalue weighted by atomic mass is 10.0. The topological polar surface area (TPSA) is 54.5 Å². The van der Waals surface area contributed by atoms with E-state index in [9.17, 15) is 4.79 Å². The molecular weight excluding hydrogens is 278 g/mol. The van der Waals surface area contributed by atoms with Gasteiger partial charge in [0.15, 0.2) is 0 Å². The van der Waals surface area contributed by atoms with Crippen LogP contribution >= 0.6 is 0 Å². The summed E-state index contributed by atoms with van der Waals surface area (Å²) in [7, 11) is 0. The highest BCUT2D eigenvalue weighted by Crippen LogP contribution is 2.17. The minimum atomic E-state index is -0.409. The van der Waals surface area contributed by atoms with Crippen molar-refractivity contribution in [2.75, 3.05) is 24.6 Å². The second-order valence-corrected chi connectivity index (χ2v) is 5.55. The molecule has 0 aliphatic carbocycles. The van der Waals surface area contributed by atoms with Crippen molar-refractivity contribution < 1.29 is 9.53 Å². The van der Waals surface area contributed by atoms with Gasteiger partial charge in [-0.05, 0) is 38.3 Å². The molecule has 0 saturated carbocycles. The lowest BCUT2D eigenvalue weighted by Gasteiger charge is -2.33. The molecule has 1 aliphatic heterocycles. The second-order valence-electron chi connectivity index (χ2n) is 5.55. The second kappa shape index (κ2) is 8.54. The van der Waals surface area contributed by atoms with Gasteiger partial charge in [0.2, 0.25) is 5.91 Å². The van der Waals surface area contributed by atoms with Gasteiger partial charge in [0.1, 0.15) is 11.9 Å². The zero-order chi connectivity index (χ0) is 15.8. The Balaban J connectivity index is 1.73. The van der Waals surface area contributed by atoms with Crippen LogP contribution in [-0.4, -0.2) is 42.7 Å². The number of pyridine rings is 1. The number of nitrogens with zero attached hydrogens (tertiary/aromatic N) is 2. The van der Waals surface area contributed by atoms with Gasteiger partial charge >= 0.3 is 0 Å². The highest BCUT2D eigenvalue weighted by molar-refractivity contribution is 5.80. The third kappa shape index (κ3) is 4.84. The fourth-order valence-electron chi connectivity index (χ4n) is 2.52. The molecule has 1 aliphatic rings. The molecule has 5 nitrogen and oxygen atoms in total. The van der Waals surface area contributed by atoms with Crippen LogP contribution in [0.4, 0.5) is 5.82 Å². The molecule has 1 aromatic heterocycles. The SMILES string of the molecule is C=CCCOC(C)C(=O)NC1CCN(c2ccccn2)CC1. The minimum absolute atomic E-state index is 0.0275. The summed E-state index contributed by atoms with van der Waals surface area (Å²) < 4.78 is 5.47. The number of aromatic nitrogens is 1. The molecule has 1 atom stereocenters. The molecule has 0 aromatic carbocycles. The van der Waals surface area contributed by atoms with E-state index in [1.165, 1.54) is 0 Å². The molecule has 2 rings (SSSR count). The molecule has 1 unspecified atom stereocenters. The quantitative estimate of drug-likeness (QED) is 0.619. The van der Waals surface area contributed by atoms with Crippen LogP contribution in [0.1, 0.15) is 26.2 Å². The number of hydrogen-bond donors (Lipinski definition) is 1. The Bertz CT molecular complexity index is 470. The Morgan fingerprint density at radius 2 is 2.32 bits per heavy atom. The average Bonchev–Trinajstić information content (AvgIpc) is 2.56. The lowest BCUT2D eigenvalue weighted by molar-refractivity contribution is -0.132. The van der Waals surface area contributed by atoms with Crippen molar-refractivity contribution in [3.8, 4) is 0 Å². The van der Waals surface area contributed by atoms with Gasteiger partial charge in [0.25, 0.3) is 0 Å². The predicted octanol–water partition coefficient (Wildman–Crippen LogP) is 2.15.